The SMILES string of the molecule is COc1ccc(C2C3C(=O)N(c4sc5c(c4C#N)CCCC5)C(=O)C3ON2c2ccccc2)cc1. The molecule has 0 saturated carbocycles. The number of para-hydroxylation sites is 1. The summed E-state index contributed by atoms with van der Waals surface area (Å²) in [6, 6.07) is 18.7. The Morgan fingerprint density at radius 3 is 2.49 bits per heavy atom. The number of nitrogens with zero attached hydrogens (tertiary/aromatic N) is 3. The minimum absolute atomic E-state index is 0.325. The highest BCUT2D eigenvalue weighted by Crippen LogP contribution is 2.50. The zero-order valence-electron chi connectivity index (χ0n) is 19.1. The number of carbonyl (C=O) groups is 2. The third kappa shape index (κ3) is 3.34. The standard InChI is InChI=1S/C27H23N3O4S/c1-33-18-13-11-16(12-14-18)23-22-24(34-30(23)17-7-3-2-4-8-17)26(32)29(25(22)31)27-20(15-28)19-9-5-6-10-21(19)35-27/h2-4,7-8,11-14,22-24H,5-6,9-10H2,1H3. The van der Waals surface area contributed by atoms with Crippen molar-refractivity contribution in [1.82, 2.24) is 0 Å². The molecule has 6 rings (SSSR count). The molecule has 35 heavy (non-hydrogen) atoms. The minimum Gasteiger partial charge on any atom is -0.497 e. The second-order valence-electron chi connectivity index (χ2n) is 8.95. The van der Waals surface area contributed by atoms with Gasteiger partial charge in [-0.15, -0.1) is 11.3 Å². The molecule has 2 amide bonds. The summed E-state index contributed by atoms with van der Waals surface area (Å²) >= 11 is 1.41. The summed E-state index contributed by atoms with van der Waals surface area (Å²) < 4.78 is 5.30. The minimum atomic E-state index is -0.958. The molecule has 3 aromatic rings. The molecule has 1 aromatic heterocycles. The van der Waals surface area contributed by atoms with E-state index in [1.807, 2.05) is 54.6 Å². The van der Waals surface area contributed by atoms with Crippen molar-refractivity contribution in [2.45, 2.75) is 37.8 Å². The van der Waals surface area contributed by atoms with E-state index in [4.69, 9.17) is 9.57 Å². The van der Waals surface area contributed by atoms with Crippen LogP contribution in [0.15, 0.2) is 54.6 Å². The summed E-state index contributed by atoms with van der Waals surface area (Å²) in [4.78, 5) is 36.1. The first-order chi connectivity index (χ1) is 17.1. The molecular formula is C27H23N3O4S. The Morgan fingerprint density at radius 2 is 1.77 bits per heavy atom. The lowest BCUT2D eigenvalue weighted by Gasteiger charge is -2.28. The molecule has 2 aromatic carbocycles. The Kier molecular flexibility index (Phi) is 5.32. The zero-order valence-corrected chi connectivity index (χ0v) is 20.0. The number of nitriles is 1. The van der Waals surface area contributed by atoms with Crippen LogP contribution in [0.2, 0.25) is 0 Å². The molecule has 176 valence electrons. The van der Waals surface area contributed by atoms with E-state index >= 15 is 0 Å². The van der Waals surface area contributed by atoms with Gasteiger partial charge in [-0.1, -0.05) is 30.3 Å². The average molecular weight is 486 g/mol. The number of ether oxygens (including phenoxy) is 1. The van der Waals surface area contributed by atoms with E-state index in [1.54, 1.807) is 12.2 Å². The van der Waals surface area contributed by atoms with Crippen molar-refractivity contribution in [3.63, 3.8) is 0 Å². The number of amides is 2. The number of methoxy groups -OCH3 is 1. The Bertz CT molecular complexity index is 1350. The number of aryl methyl sites for hydroxylation is 1. The van der Waals surface area contributed by atoms with Gasteiger partial charge in [0.05, 0.1) is 24.4 Å². The summed E-state index contributed by atoms with van der Waals surface area (Å²) in [7, 11) is 1.60. The lowest BCUT2D eigenvalue weighted by Crippen LogP contribution is -2.37. The van der Waals surface area contributed by atoms with Gasteiger partial charge in [0.2, 0.25) is 5.91 Å². The maximum Gasteiger partial charge on any atom is 0.267 e. The third-order valence-electron chi connectivity index (χ3n) is 7.05. The van der Waals surface area contributed by atoms with Gasteiger partial charge in [-0.05, 0) is 61.1 Å². The summed E-state index contributed by atoms with van der Waals surface area (Å²) in [6.45, 7) is 0. The Hall–Kier alpha value is -3.67. The van der Waals surface area contributed by atoms with Crippen LogP contribution in [0.1, 0.15) is 40.5 Å². The van der Waals surface area contributed by atoms with E-state index < -0.39 is 24.0 Å². The largest absolute Gasteiger partial charge is 0.497 e. The topological polar surface area (TPSA) is 82.9 Å². The molecule has 0 spiro atoms. The second-order valence-corrected chi connectivity index (χ2v) is 10.0. The second kappa shape index (κ2) is 8.52. The predicted octanol–water partition coefficient (Wildman–Crippen LogP) is 4.56. The normalized spacial score (nSPS) is 23.3. The molecule has 3 unspecified atom stereocenters. The molecule has 2 fully saturated rings. The van der Waals surface area contributed by atoms with Gasteiger partial charge in [-0.25, -0.2) is 9.96 Å². The summed E-state index contributed by atoms with van der Waals surface area (Å²) in [5, 5.41) is 12.1. The fourth-order valence-electron chi connectivity index (χ4n) is 5.38. The Morgan fingerprint density at radius 1 is 1.03 bits per heavy atom. The first kappa shape index (κ1) is 21.8. The summed E-state index contributed by atoms with van der Waals surface area (Å²) in [6.07, 6.45) is 2.80. The molecule has 2 aliphatic heterocycles. The van der Waals surface area contributed by atoms with Crippen molar-refractivity contribution in [2.75, 3.05) is 17.1 Å². The van der Waals surface area contributed by atoms with Crippen LogP contribution >= 0.6 is 11.3 Å². The van der Waals surface area contributed by atoms with Crippen LogP contribution in [-0.4, -0.2) is 25.0 Å². The molecule has 3 atom stereocenters. The van der Waals surface area contributed by atoms with Crippen LogP contribution in [0.5, 0.6) is 5.75 Å². The van der Waals surface area contributed by atoms with Gasteiger partial charge >= 0.3 is 0 Å². The van der Waals surface area contributed by atoms with E-state index in [1.165, 1.54) is 16.2 Å². The van der Waals surface area contributed by atoms with E-state index in [0.29, 0.717) is 16.3 Å². The lowest BCUT2D eigenvalue weighted by molar-refractivity contribution is -0.126. The number of hydrogen-bond acceptors (Lipinski definition) is 7. The smallest absolute Gasteiger partial charge is 0.267 e. The molecule has 7 nitrogen and oxygen atoms in total. The average Bonchev–Trinajstić information content (AvgIpc) is 3.54. The van der Waals surface area contributed by atoms with E-state index in [2.05, 4.69) is 6.07 Å². The van der Waals surface area contributed by atoms with Gasteiger partial charge < -0.3 is 4.74 Å². The highest BCUT2D eigenvalue weighted by Gasteiger charge is 2.61. The fraction of sp³-hybridized carbons (Fsp3) is 0.296. The van der Waals surface area contributed by atoms with E-state index in [0.717, 1.165) is 47.4 Å². The molecule has 1 aliphatic carbocycles. The summed E-state index contributed by atoms with van der Waals surface area (Å²) in [5.41, 5.74) is 3.07. The number of hydrogen-bond donors (Lipinski definition) is 0. The Labute approximate surface area is 207 Å². The van der Waals surface area contributed by atoms with Gasteiger partial charge in [0, 0.05) is 4.88 Å². The van der Waals surface area contributed by atoms with Gasteiger partial charge in [-0.3, -0.25) is 14.4 Å². The first-order valence-corrected chi connectivity index (χ1v) is 12.5. The number of benzene rings is 2. The molecule has 2 saturated heterocycles. The lowest BCUT2D eigenvalue weighted by atomic mass is 9.90. The van der Waals surface area contributed by atoms with Crippen LogP contribution in [0.25, 0.3) is 0 Å². The van der Waals surface area contributed by atoms with Gasteiger partial charge in [0.1, 0.15) is 22.7 Å². The van der Waals surface area contributed by atoms with Crippen molar-refractivity contribution in [3.8, 4) is 11.8 Å². The predicted molar refractivity (Wildman–Crippen MR) is 131 cm³/mol. The Balaban J connectivity index is 1.43. The highest BCUT2D eigenvalue weighted by atomic mass is 32.1. The number of anilines is 2. The number of fused-ring (bicyclic) bond motifs is 2. The van der Waals surface area contributed by atoms with E-state index in [-0.39, 0.29) is 5.91 Å². The van der Waals surface area contributed by atoms with Crippen LogP contribution in [-0.2, 0) is 27.3 Å². The number of imide groups is 1. The van der Waals surface area contributed by atoms with Crippen molar-refractivity contribution in [2.24, 2.45) is 5.92 Å². The van der Waals surface area contributed by atoms with E-state index in [9.17, 15) is 14.9 Å². The quantitative estimate of drug-likeness (QED) is 0.504. The molecule has 8 heteroatoms. The van der Waals surface area contributed by atoms with Crippen LogP contribution in [0.3, 0.4) is 0 Å². The van der Waals surface area contributed by atoms with Crippen LogP contribution in [0, 0.1) is 17.2 Å². The van der Waals surface area contributed by atoms with Gasteiger partial charge in [-0.2, -0.15) is 5.26 Å². The van der Waals surface area contributed by atoms with Crippen molar-refractivity contribution in [3.05, 3.63) is 76.2 Å². The molecular weight excluding hydrogens is 462 g/mol. The maximum atomic E-state index is 13.9. The number of rotatable bonds is 4. The zero-order chi connectivity index (χ0) is 24.1. The first-order valence-electron chi connectivity index (χ1n) is 11.7. The van der Waals surface area contributed by atoms with Gasteiger partial charge in [0.25, 0.3) is 5.91 Å². The third-order valence-corrected chi connectivity index (χ3v) is 8.33. The highest BCUT2D eigenvalue weighted by molar-refractivity contribution is 7.17. The number of thiophene rings is 1. The molecule has 0 N–H and O–H groups in total. The van der Waals surface area contributed by atoms with Crippen molar-refractivity contribution >= 4 is 33.8 Å². The van der Waals surface area contributed by atoms with Crippen molar-refractivity contribution < 1.29 is 19.2 Å². The van der Waals surface area contributed by atoms with Crippen LogP contribution < -0.4 is 14.7 Å². The molecule has 0 bridgehead atoms. The molecule has 3 heterocycles. The number of hydroxylamine groups is 1. The number of carbonyl (C=O) groups excluding carboxylic acids is 2. The monoisotopic (exact) mass is 485 g/mol. The van der Waals surface area contributed by atoms with Gasteiger partial charge in [0.15, 0.2) is 6.10 Å². The summed E-state index contributed by atoms with van der Waals surface area (Å²) in [5.74, 6) is -0.767. The fourth-order valence-corrected chi connectivity index (χ4v) is 6.73. The van der Waals surface area contributed by atoms with Crippen molar-refractivity contribution in [1.29, 1.82) is 5.26 Å². The molecule has 3 aliphatic rings. The molecule has 0 radical (unpaired) electrons. The van der Waals surface area contributed by atoms with Crippen LogP contribution in [0.4, 0.5) is 10.7 Å². The maximum absolute atomic E-state index is 13.9.